The molecule has 4 rings (SSSR count). The number of piperazine rings is 1. The van der Waals surface area contributed by atoms with Gasteiger partial charge in [0, 0.05) is 31.6 Å². The van der Waals surface area contributed by atoms with Crippen molar-refractivity contribution in [2.24, 2.45) is 0 Å². The van der Waals surface area contributed by atoms with Crippen LogP contribution in [0, 0.1) is 0 Å². The van der Waals surface area contributed by atoms with Gasteiger partial charge in [0.05, 0.1) is 6.54 Å². The van der Waals surface area contributed by atoms with Crippen LogP contribution in [0.15, 0.2) is 4.42 Å². The van der Waals surface area contributed by atoms with Crippen LogP contribution in [-0.4, -0.2) is 52.2 Å². The standard InChI is InChI=1S/C14H22N4O/c1-3-11(4-1)14-16-15-13(19-14)10-17-7-8-18-6-2-5-12(18)9-17/h11-12H,1-10H2. The molecule has 1 unspecified atom stereocenters. The summed E-state index contributed by atoms with van der Waals surface area (Å²) in [5, 5.41) is 8.44. The summed E-state index contributed by atoms with van der Waals surface area (Å²) >= 11 is 0. The minimum atomic E-state index is 0.549. The number of fused-ring (bicyclic) bond motifs is 1. The quantitative estimate of drug-likeness (QED) is 0.828. The summed E-state index contributed by atoms with van der Waals surface area (Å²) in [5.74, 6) is 2.24. The van der Waals surface area contributed by atoms with E-state index in [-0.39, 0.29) is 0 Å². The lowest BCUT2D eigenvalue weighted by Gasteiger charge is -2.36. The molecule has 0 amide bonds. The van der Waals surface area contributed by atoms with Gasteiger partial charge in [-0.05, 0) is 32.2 Å². The predicted molar refractivity (Wildman–Crippen MR) is 70.8 cm³/mol. The molecule has 1 atom stereocenters. The van der Waals surface area contributed by atoms with Crippen molar-refractivity contribution < 1.29 is 4.42 Å². The summed E-state index contributed by atoms with van der Waals surface area (Å²) in [7, 11) is 0. The largest absolute Gasteiger partial charge is 0.424 e. The van der Waals surface area contributed by atoms with Crippen LogP contribution in [0.4, 0.5) is 0 Å². The first kappa shape index (κ1) is 11.9. The molecule has 3 aliphatic rings. The van der Waals surface area contributed by atoms with Gasteiger partial charge >= 0.3 is 0 Å². The minimum Gasteiger partial charge on any atom is -0.424 e. The molecule has 0 radical (unpaired) electrons. The zero-order valence-corrected chi connectivity index (χ0v) is 11.4. The molecule has 104 valence electrons. The molecular formula is C14H22N4O. The van der Waals surface area contributed by atoms with E-state index in [1.54, 1.807) is 0 Å². The molecule has 0 bridgehead atoms. The van der Waals surface area contributed by atoms with E-state index in [0.29, 0.717) is 5.92 Å². The van der Waals surface area contributed by atoms with Crippen LogP contribution < -0.4 is 0 Å². The summed E-state index contributed by atoms with van der Waals surface area (Å²) in [5.41, 5.74) is 0. The van der Waals surface area contributed by atoms with Gasteiger partial charge in [-0.2, -0.15) is 0 Å². The van der Waals surface area contributed by atoms with Crippen LogP contribution in [0.1, 0.15) is 49.8 Å². The first-order valence-corrected chi connectivity index (χ1v) is 7.67. The fourth-order valence-corrected chi connectivity index (χ4v) is 3.54. The van der Waals surface area contributed by atoms with Crippen molar-refractivity contribution >= 4 is 0 Å². The fraction of sp³-hybridized carbons (Fsp3) is 0.857. The molecule has 5 heteroatoms. The van der Waals surface area contributed by atoms with Crippen molar-refractivity contribution in [2.75, 3.05) is 26.2 Å². The molecule has 1 saturated carbocycles. The predicted octanol–water partition coefficient (Wildman–Crippen LogP) is 1.62. The second kappa shape index (κ2) is 4.87. The molecule has 0 spiro atoms. The molecule has 2 saturated heterocycles. The van der Waals surface area contributed by atoms with E-state index < -0.39 is 0 Å². The summed E-state index contributed by atoms with van der Waals surface area (Å²) in [4.78, 5) is 5.11. The van der Waals surface area contributed by atoms with Gasteiger partial charge in [-0.25, -0.2) is 0 Å². The molecule has 2 aliphatic heterocycles. The third-order valence-electron chi connectivity index (χ3n) is 4.97. The molecule has 3 heterocycles. The zero-order valence-electron chi connectivity index (χ0n) is 11.4. The van der Waals surface area contributed by atoms with Gasteiger partial charge in [0.15, 0.2) is 0 Å². The Kier molecular flexibility index (Phi) is 3.04. The van der Waals surface area contributed by atoms with E-state index in [1.807, 2.05) is 0 Å². The minimum absolute atomic E-state index is 0.549. The Hall–Kier alpha value is -0.940. The Morgan fingerprint density at radius 2 is 2.00 bits per heavy atom. The van der Waals surface area contributed by atoms with Gasteiger partial charge in [-0.3, -0.25) is 9.80 Å². The lowest BCUT2D eigenvalue weighted by atomic mass is 9.85. The normalized spacial score (nSPS) is 29.4. The van der Waals surface area contributed by atoms with E-state index in [1.165, 1.54) is 51.7 Å². The summed E-state index contributed by atoms with van der Waals surface area (Å²) in [6.45, 7) is 5.64. The van der Waals surface area contributed by atoms with Crippen molar-refractivity contribution in [2.45, 2.75) is 50.6 Å². The van der Waals surface area contributed by atoms with Crippen LogP contribution in [0.2, 0.25) is 0 Å². The highest BCUT2D eigenvalue weighted by molar-refractivity contribution is 4.97. The number of hydrogen-bond acceptors (Lipinski definition) is 5. The second-order valence-corrected chi connectivity index (χ2v) is 6.23. The Labute approximate surface area is 114 Å². The van der Waals surface area contributed by atoms with E-state index in [4.69, 9.17) is 4.42 Å². The fourth-order valence-electron chi connectivity index (χ4n) is 3.54. The number of aromatic nitrogens is 2. The van der Waals surface area contributed by atoms with Crippen LogP contribution in [0.25, 0.3) is 0 Å². The molecule has 0 aromatic carbocycles. The number of rotatable bonds is 3. The average molecular weight is 262 g/mol. The van der Waals surface area contributed by atoms with Crippen molar-refractivity contribution in [3.8, 4) is 0 Å². The van der Waals surface area contributed by atoms with Gasteiger partial charge in [0.1, 0.15) is 0 Å². The number of nitrogens with zero attached hydrogens (tertiary/aromatic N) is 4. The second-order valence-electron chi connectivity index (χ2n) is 6.23. The third-order valence-corrected chi connectivity index (χ3v) is 4.97. The first-order chi connectivity index (χ1) is 9.38. The van der Waals surface area contributed by atoms with Crippen LogP contribution in [-0.2, 0) is 6.54 Å². The SMILES string of the molecule is C1CC(c2nnc(CN3CCN4CCCC4C3)o2)C1. The molecule has 1 aromatic rings. The van der Waals surface area contributed by atoms with Crippen molar-refractivity contribution in [1.82, 2.24) is 20.0 Å². The summed E-state index contributed by atoms with van der Waals surface area (Å²) < 4.78 is 5.82. The maximum atomic E-state index is 5.82. The highest BCUT2D eigenvalue weighted by Crippen LogP contribution is 2.35. The topological polar surface area (TPSA) is 45.4 Å². The molecule has 1 aromatic heterocycles. The summed E-state index contributed by atoms with van der Waals surface area (Å²) in [6.07, 6.45) is 6.48. The highest BCUT2D eigenvalue weighted by Gasteiger charge is 2.31. The Balaban J connectivity index is 1.37. The molecule has 5 nitrogen and oxygen atoms in total. The molecular weight excluding hydrogens is 240 g/mol. The summed E-state index contributed by atoms with van der Waals surface area (Å²) in [6, 6.07) is 0.766. The molecule has 19 heavy (non-hydrogen) atoms. The van der Waals surface area contributed by atoms with Gasteiger partial charge in [0.2, 0.25) is 11.8 Å². The Bertz CT molecular complexity index is 442. The van der Waals surface area contributed by atoms with Crippen LogP contribution >= 0.6 is 0 Å². The lowest BCUT2D eigenvalue weighted by Crippen LogP contribution is -2.49. The highest BCUT2D eigenvalue weighted by atomic mass is 16.4. The van der Waals surface area contributed by atoms with E-state index in [0.717, 1.165) is 30.9 Å². The maximum absolute atomic E-state index is 5.82. The Morgan fingerprint density at radius 3 is 2.84 bits per heavy atom. The molecule has 3 fully saturated rings. The van der Waals surface area contributed by atoms with Gasteiger partial charge in [0.25, 0.3) is 0 Å². The van der Waals surface area contributed by atoms with E-state index in [9.17, 15) is 0 Å². The monoisotopic (exact) mass is 262 g/mol. The molecule has 0 N–H and O–H groups in total. The van der Waals surface area contributed by atoms with Crippen molar-refractivity contribution in [1.29, 1.82) is 0 Å². The van der Waals surface area contributed by atoms with Gasteiger partial charge in [-0.15, -0.1) is 10.2 Å². The third kappa shape index (κ3) is 2.30. The smallest absolute Gasteiger partial charge is 0.230 e. The number of hydrogen-bond donors (Lipinski definition) is 0. The van der Waals surface area contributed by atoms with Gasteiger partial charge < -0.3 is 4.42 Å². The maximum Gasteiger partial charge on any atom is 0.230 e. The van der Waals surface area contributed by atoms with Crippen LogP contribution in [0.3, 0.4) is 0 Å². The van der Waals surface area contributed by atoms with Crippen molar-refractivity contribution in [3.05, 3.63) is 11.8 Å². The molecule has 1 aliphatic carbocycles. The lowest BCUT2D eigenvalue weighted by molar-refractivity contribution is 0.0920. The van der Waals surface area contributed by atoms with Gasteiger partial charge in [-0.1, -0.05) is 6.42 Å². The van der Waals surface area contributed by atoms with Crippen LogP contribution in [0.5, 0.6) is 0 Å². The van der Waals surface area contributed by atoms with Crippen molar-refractivity contribution in [3.63, 3.8) is 0 Å². The Morgan fingerprint density at radius 1 is 1.05 bits per heavy atom. The average Bonchev–Trinajstić information content (AvgIpc) is 2.96. The zero-order chi connectivity index (χ0) is 12.7. The van der Waals surface area contributed by atoms with E-state index >= 15 is 0 Å². The first-order valence-electron chi connectivity index (χ1n) is 7.67. The van der Waals surface area contributed by atoms with E-state index in [2.05, 4.69) is 20.0 Å².